The minimum absolute atomic E-state index is 0.0570. The van der Waals surface area contributed by atoms with Crippen LogP contribution in [0.5, 0.6) is 46.0 Å². The first-order chi connectivity index (χ1) is 43.1. The summed E-state index contributed by atoms with van der Waals surface area (Å²) in [5.74, 6) is -1.94. The van der Waals surface area contributed by atoms with Gasteiger partial charge in [0.25, 0.3) is 23.6 Å². The lowest BCUT2D eigenvalue weighted by Gasteiger charge is -2.33. The van der Waals surface area contributed by atoms with Crippen molar-refractivity contribution in [2.75, 3.05) is 39.5 Å². The molecule has 2 N–H and O–H groups in total. The average Bonchev–Trinajstić information content (AvgIpc) is 0.842. The van der Waals surface area contributed by atoms with Crippen molar-refractivity contribution in [3.05, 3.63) is 168 Å². The van der Waals surface area contributed by atoms with Crippen LogP contribution < -0.4 is 29.6 Å². The van der Waals surface area contributed by atoms with E-state index in [1.807, 2.05) is 24.3 Å². The molecule has 18 nitrogen and oxygen atoms in total. The molecule has 4 aliphatic heterocycles. The molecule has 0 radical (unpaired) electrons. The fourth-order valence-electron chi connectivity index (χ4n) is 13.2. The lowest BCUT2D eigenvalue weighted by atomic mass is 9.80. The molecular weight excluding hydrogens is 1120 g/mol. The highest BCUT2D eigenvalue weighted by Gasteiger charge is 2.43. The number of para-hydroxylation sites is 4. The van der Waals surface area contributed by atoms with Gasteiger partial charge in [-0.2, -0.15) is 0 Å². The molecule has 9 aromatic carbocycles. The van der Waals surface area contributed by atoms with Crippen LogP contribution in [0.2, 0.25) is 0 Å². The maximum Gasteiger partial charge on any atom is 0.262 e. The molecule has 2 saturated heterocycles. The van der Waals surface area contributed by atoms with Crippen LogP contribution in [0.1, 0.15) is 92.8 Å². The Hall–Kier alpha value is -9.46. The molecule has 444 valence electrons. The van der Waals surface area contributed by atoms with Gasteiger partial charge in [0, 0.05) is 55.2 Å². The van der Waals surface area contributed by atoms with Crippen LogP contribution in [0.15, 0.2) is 146 Å². The number of hydrogen-bond donors (Lipinski definition) is 2. The highest BCUT2D eigenvalue weighted by molar-refractivity contribution is 6.45. The van der Waals surface area contributed by atoms with Crippen molar-refractivity contribution in [1.82, 2.24) is 20.4 Å². The highest BCUT2D eigenvalue weighted by Crippen LogP contribution is 2.58. The van der Waals surface area contributed by atoms with Gasteiger partial charge in [0.1, 0.15) is 71.3 Å². The lowest BCUT2D eigenvalue weighted by Crippen LogP contribution is -2.49. The third kappa shape index (κ3) is 10.6. The molecule has 6 atom stereocenters. The summed E-state index contributed by atoms with van der Waals surface area (Å²) >= 11 is 0. The zero-order valence-corrected chi connectivity index (χ0v) is 47.8. The van der Waals surface area contributed by atoms with E-state index >= 15 is 19.2 Å². The number of carbonyl (C=O) groups excluding carboxylic acids is 6. The first-order valence-electron chi connectivity index (χ1n) is 30.1. The Labute approximate surface area is 504 Å². The summed E-state index contributed by atoms with van der Waals surface area (Å²) in [4.78, 5) is 92.6. The molecule has 0 bridgehead atoms. The van der Waals surface area contributed by atoms with Crippen LogP contribution in [-0.2, 0) is 28.5 Å². The fraction of sp³-hybridized carbons (Fsp3) is 0.286. The monoisotopic (exact) mass is 1180 g/mol. The summed E-state index contributed by atoms with van der Waals surface area (Å²) in [6, 6.07) is 41.7. The topological polar surface area (TPSA) is 213 Å². The third-order valence-electron chi connectivity index (χ3n) is 17.4. The molecule has 9 aromatic rings. The van der Waals surface area contributed by atoms with Crippen molar-refractivity contribution in [3.63, 3.8) is 0 Å². The number of nitrogens with zero attached hydrogens (tertiary/aromatic N) is 2. The van der Waals surface area contributed by atoms with E-state index < -0.39 is 48.5 Å². The minimum Gasteiger partial charge on any atom is -0.457 e. The Morgan fingerprint density at radius 1 is 0.409 bits per heavy atom. The predicted molar refractivity (Wildman–Crippen MR) is 324 cm³/mol. The summed E-state index contributed by atoms with van der Waals surface area (Å²) in [6.07, 6.45) is 5.95. The van der Waals surface area contributed by atoms with Crippen LogP contribution in [-0.4, -0.2) is 121 Å². The van der Waals surface area contributed by atoms with Gasteiger partial charge < -0.3 is 48.5 Å². The van der Waals surface area contributed by atoms with Gasteiger partial charge in [-0.3, -0.25) is 38.6 Å². The van der Waals surface area contributed by atoms with E-state index in [1.54, 1.807) is 121 Å². The maximum absolute atomic E-state index is 15.5. The second-order valence-electron chi connectivity index (χ2n) is 23.4. The Morgan fingerprint density at radius 3 is 0.989 bits per heavy atom. The molecule has 2 aliphatic carbocycles. The standard InChI is InChI=1S/C70H60N4O14/c75-57(71-39-15-13-25-45(27-39)81-35-47-37-83-47)33-73-67(77)49-29-53(85-41-17-5-1-6-18-41)61-62-54(86-42-19-7-2-8-20-42)30-51-60-52(70(80)74(69(51)79)34-58(76)72-40-16-14-26-46(28-40)82-36-48-38-84-48)32-56(88-44-23-11-4-12-24-44)64(66(60)62)63-55(87-43-21-9-3-10-22-43)31-50(68(73)78)59(49)65(61)63/h1-12,17-24,29-32,39-40,45-48H,13-16,25-28,33-38H2,(H,71,75)(H,72,76). The van der Waals surface area contributed by atoms with Gasteiger partial charge in [0.2, 0.25) is 11.8 Å². The number of fused-ring (bicyclic) bond motifs is 2. The maximum atomic E-state index is 15.5. The molecule has 0 spiro atoms. The number of ether oxygens (including phenoxy) is 8. The molecule has 0 aromatic heterocycles. The van der Waals surface area contributed by atoms with Crippen LogP contribution in [0.25, 0.3) is 43.1 Å². The summed E-state index contributed by atoms with van der Waals surface area (Å²) in [6.45, 7) is 1.15. The van der Waals surface area contributed by atoms with Gasteiger partial charge in [0.15, 0.2) is 0 Å². The van der Waals surface area contributed by atoms with E-state index in [9.17, 15) is 9.59 Å². The number of hydrogen-bond acceptors (Lipinski definition) is 14. The van der Waals surface area contributed by atoms with Crippen LogP contribution in [0.3, 0.4) is 0 Å². The van der Waals surface area contributed by atoms with Crippen LogP contribution in [0.4, 0.5) is 0 Å². The zero-order valence-electron chi connectivity index (χ0n) is 47.8. The summed E-state index contributed by atoms with van der Waals surface area (Å²) in [5.41, 5.74) is 0.228. The first-order valence-corrected chi connectivity index (χ1v) is 30.1. The van der Waals surface area contributed by atoms with E-state index in [-0.39, 0.29) is 92.5 Å². The Morgan fingerprint density at radius 2 is 0.705 bits per heavy atom. The minimum atomic E-state index is -0.743. The molecule has 18 heteroatoms. The molecule has 4 fully saturated rings. The molecule has 4 heterocycles. The van der Waals surface area contributed by atoms with E-state index in [1.165, 1.54) is 0 Å². The van der Waals surface area contributed by atoms with Gasteiger partial charge in [-0.25, -0.2) is 0 Å². The summed E-state index contributed by atoms with van der Waals surface area (Å²) in [7, 11) is 0. The zero-order chi connectivity index (χ0) is 59.6. The molecule has 6 amide bonds. The van der Waals surface area contributed by atoms with Crippen LogP contribution >= 0.6 is 0 Å². The number of imide groups is 2. The van der Waals surface area contributed by atoms with Gasteiger partial charge in [0.05, 0.1) is 60.9 Å². The Balaban J connectivity index is 0.941. The molecule has 88 heavy (non-hydrogen) atoms. The smallest absolute Gasteiger partial charge is 0.262 e. The largest absolute Gasteiger partial charge is 0.457 e. The lowest BCUT2D eigenvalue weighted by molar-refractivity contribution is -0.123. The number of epoxide rings is 2. The van der Waals surface area contributed by atoms with Crippen molar-refractivity contribution in [2.45, 2.75) is 87.9 Å². The second kappa shape index (κ2) is 23.0. The van der Waals surface area contributed by atoms with E-state index in [4.69, 9.17) is 37.9 Å². The molecule has 6 aliphatic rings. The van der Waals surface area contributed by atoms with Gasteiger partial charge in [-0.1, -0.05) is 72.8 Å². The predicted octanol–water partition coefficient (Wildman–Crippen LogP) is 11.8. The number of nitrogens with one attached hydrogen (secondary N) is 2. The van der Waals surface area contributed by atoms with Crippen molar-refractivity contribution in [3.8, 4) is 46.0 Å². The quantitative estimate of drug-likeness (QED) is 0.0314. The Kier molecular flexibility index (Phi) is 14.4. The van der Waals surface area contributed by atoms with Crippen molar-refractivity contribution >= 4 is 78.5 Å². The fourth-order valence-corrected chi connectivity index (χ4v) is 13.2. The van der Waals surface area contributed by atoms with Crippen LogP contribution in [0, 0.1) is 0 Å². The number of amides is 6. The van der Waals surface area contributed by atoms with E-state index in [0.717, 1.165) is 35.5 Å². The number of rotatable bonds is 20. The molecule has 15 rings (SSSR count). The highest BCUT2D eigenvalue weighted by atomic mass is 16.6. The van der Waals surface area contributed by atoms with Gasteiger partial charge >= 0.3 is 0 Å². The normalized spacial score (nSPS) is 21.3. The second-order valence-corrected chi connectivity index (χ2v) is 23.4. The number of carbonyl (C=O) groups is 6. The first kappa shape index (κ1) is 55.1. The van der Waals surface area contributed by atoms with Crippen molar-refractivity contribution in [2.24, 2.45) is 0 Å². The van der Waals surface area contributed by atoms with Crippen molar-refractivity contribution < 1.29 is 66.7 Å². The summed E-state index contributed by atoms with van der Waals surface area (Å²) in [5, 5.41) is 8.66. The summed E-state index contributed by atoms with van der Waals surface area (Å²) < 4.78 is 50.9. The van der Waals surface area contributed by atoms with E-state index in [0.29, 0.717) is 107 Å². The molecule has 6 unspecified atom stereocenters. The third-order valence-corrected chi connectivity index (χ3v) is 17.4. The number of benzene rings is 9. The van der Waals surface area contributed by atoms with E-state index in [2.05, 4.69) is 10.6 Å². The van der Waals surface area contributed by atoms with Gasteiger partial charge in [-0.05, 0) is 124 Å². The molecule has 2 saturated carbocycles. The van der Waals surface area contributed by atoms with Crippen molar-refractivity contribution in [1.29, 1.82) is 0 Å². The average molecular weight is 1180 g/mol. The van der Waals surface area contributed by atoms with Gasteiger partial charge in [-0.15, -0.1) is 0 Å². The molecular formula is C70H60N4O14. The Bertz CT molecular complexity index is 3770. The SMILES string of the molecule is O=C(CN1C(=O)c2cc(Oc3ccccc3)c3c4c(Oc5ccccc5)cc5c6c(cc(Oc7ccccc7)c(c7c(Oc8ccccc8)cc(c2c37)C1=O)c64)C(=O)N(CC(=O)NC1CCCC(OCC2CO2)C1)C5=O)NC1CCCC(OCC2CO2)C1.